The lowest BCUT2D eigenvalue weighted by Crippen LogP contribution is -2.25. The number of halogens is 2. The van der Waals surface area contributed by atoms with Crippen LogP contribution in [0.25, 0.3) is 0 Å². The van der Waals surface area contributed by atoms with E-state index in [1.54, 1.807) is 19.4 Å². The van der Waals surface area contributed by atoms with Crippen LogP contribution in [0.1, 0.15) is 16.7 Å². The van der Waals surface area contributed by atoms with E-state index in [9.17, 15) is 4.79 Å². The summed E-state index contributed by atoms with van der Waals surface area (Å²) < 4.78 is 13.2. The van der Waals surface area contributed by atoms with Crippen molar-refractivity contribution in [2.45, 2.75) is 13.5 Å². The van der Waals surface area contributed by atoms with Crippen LogP contribution in [-0.2, 0) is 11.4 Å². The van der Waals surface area contributed by atoms with E-state index in [2.05, 4.69) is 47.7 Å². The molecule has 0 radical (unpaired) electrons. The number of nitrogens with zero attached hydrogens (tertiary/aromatic N) is 1. The van der Waals surface area contributed by atoms with E-state index < -0.39 is 0 Å². The minimum Gasteiger partial charge on any atom is -0.493 e. The summed E-state index contributed by atoms with van der Waals surface area (Å²) >= 11 is 6.95. The van der Waals surface area contributed by atoms with E-state index in [1.807, 2.05) is 61.5 Å². The number of hydrogen-bond acceptors (Lipinski definition) is 5. The van der Waals surface area contributed by atoms with Gasteiger partial charge in [-0.25, -0.2) is 5.43 Å². The first kappa shape index (κ1) is 23.8. The maximum absolute atomic E-state index is 12.0. The molecule has 8 heteroatoms. The van der Waals surface area contributed by atoms with Crippen molar-refractivity contribution in [1.29, 1.82) is 0 Å². The van der Waals surface area contributed by atoms with Crippen molar-refractivity contribution in [3.8, 4) is 11.5 Å². The monoisotopic (exact) mass is 559 g/mol. The fourth-order valence-electron chi connectivity index (χ4n) is 2.76. The maximum Gasteiger partial charge on any atom is 0.259 e. The number of anilines is 1. The number of benzene rings is 3. The van der Waals surface area contributed by atoms with Gasteiger partial charge < -0.3 is 14.8 Å². The van der Waals surface area contributed by atoms with Gasteiger partial charge in [-0.1, -0.05) is 45.8 Å². The highest BCUT2D eigenvalue weighted by Gasteiger charge is 2.12. The van der Waals surface area contributed by atoms with E-state index in [0.29, 0.717) is 18.1 Å². The van der Waals surface area contributed by atoms with Gasteiger partial charge in [0.05, 0.1) is 24.3 Å². The summed E-state index contributed by atoms with van der Waals surface area (Å²) in [5.41, 5.74) is 6.34. The van der Waals surface area contributed by atoms with Gasteiger partial charge in [-0.15, -0.1) is 0 Å². The van der Waals surface area contributed by atoms with Crippen molar-refractivity contribution in [3.63, 3.8) is 0 Å². The highest BCUT2D eigenvalue weighted by molar-refractivity contribution is 9.10. The Labute approximate surface area is 204 Å². The quantitative estimate of drug-likeness (QED) is 0.261. The predicted octanol–water partition coefficient (Wildman–Crippen LogP) is 5.67. The molecule has 0 aliphatic rings. The summed E-state index contributed by atoms with van der Waals surface area (Å²) in [5, 5.41) is 7.08. The van der Waals surface area contributed by atoms with Crippen molar-refractivity contribution in [2.24, 2.45) is 5.10 Å². The third-order valence-corrected chi connectivity index (χ3v) is 5.57. The minimum atomic E-state index is -0.248. The lowest BCUT2D eigenvalue weighted by Gasteiger charge is -2.13. The van der Waals surface area contributed by atoms with Crippen LogP contribution < -0.4 is 20.2 Å². The molecule has 1 amide bonds. The summed E-state index contributed by atoms with van der Waals surface area (Å²) in [6.45, 7) is 2.54. The first-order chi connectivity index (χ1) is 15.4. The minimum absolute atomic E-state index is 0.121. The molecule has 0 aromatic heterocycles. The zero-order chi connectivity index (χ0) is 22.9. The topological polar surface area (TPSA) is 72.0 Å². The van der Waals surface area contributed by atoms with Gasteiger partial charge >= 0.3 is 0 Å². The lowest BCUT2D eigenvalue weighted by molar-refractivity contribution is -0.119. The van der Waals surface area contributed by atoms with Crippen LogP contribution in [-0.4, -0.2) is 25.8 Å². The fourth-order valence-corrected chi connectivity index (χ4v) is 3.60. The number of rotatable bonds is 9. The standard InChI is InChI=1S/C24H23Br2N3O3/c1-16-3-9-20(10-4-16)27-14-23(30)29-28-13-18-11-21(26)24(22(12-18)31-2)32-15-17-5-7-19(25)8-6-17/h3-13,27H,14-15H2,1-2H3,(H,29,30)/b28-13-. The predicted molar refractivity (Wildman–Crippen MR) is 135 cm³/mol. The van der Waals surface area contributed by atoms with E-state index in [0.717, 1.165) is 31.3 Å². The Morgan fingerprint density at radius 1 is 1.06 bits per heavy atom. The van der Waals surface area contributed by atoms with Gasteiger partial charge in [-0.05, 0) is 70.4 Å². The number of nitrogens with one attached hydrogen (secondary N) is 2. The third-order valence-electron chi connectivity index (χ3n) is 4.46. The van der Waals surface area contributed by atoms with Crippen LogP contribution in [0.5, 0.6) is 11.5 Å². The second-order valence-corrected chi connectivity index (χ2v) is 8.73. The van der Waals surface area contributed by atoms with Gasteiger partial charge in [0.1, 0.15) is 6.61 Å². The Hall–Kier alpha value is -2.84. The number of ether oxygens (including phenoxy) is 2. The molecular formula is C24H23Br2N3O3. The second-order valence-electron chi connectivity index (χ2n) is 6.96. The average Bonchev–Trinajstić information content (AvgIpc) is 2.79. The normalized spacial score (nSPS) is 10.8. The number of carbonyl (C=O) groups is 1. The molecule has 0 bridgehead atoms. The molecule has 0 atom stereocenters. The van der Waals surface area contributed by atoms with Crippen LogP contribution in [0.3, 0.4) is 0 Å². The Morgan fingerprint density at radius 3 is 2.47 bits per heavy atom. The molecule has 3 rings (SSSR count). The molecule has 3 aromatic carbocycles. The molecule has 0 unspecified atom stereocenters. The van der Waals surface area contributed by atoms with Crippen LogP contribution in [0.4, 0.5) is 5.69 Å². The first-order valence-corrected chi connectivity index (χ1v) is 11.4. The van der Waals surface area contributed by atoms with Crippen LogP contribution in [0.2, 0.25) is 0 Å². The number of amides is 1. The van der Waals surface area contributed by atoms with E-state index in [4.69, 9.17) is 9.47 Å². The largest absolute Gasteiger partial charge is 0.493 e. The number of hydrogen-bond donors (Lipinski definition) is 2. The maximum atomic E-state index is 12.0. The lowest BCUT2D eigenvalue weighted by atomic mass is 10.2. The number of methoxy groups -OCH3 is 1. The average molecular weight is 561 g/mol. The summed E-state index contributed by atoms with van der Waals surface area (Å²) in [6.07, 6.45) is 1.55. The highest BCUT2D eigenvalue weighted by atomic mass is 79.9. The molecule has 3 aromatic rings. The van der Waals surface area contributed by atoms with Crippen LogP contribution in [0.15, 0.2) is 74.7 Å². The molecule has 0 saturated heterocycles. The summed E-state index contributed by atoms with van der Waals surface area (Å²) in [7, 11) is 1.58. The Balaban J connectivity index is 1.57. The van der Waals surface area contributed by atoms with Gasteiger partial charge in [0, 0.05) is 10.2 Å². The zero-order valence-corrected chi connectivity index (χ0v) is 20.9. The van der Waals surface area contributed by atoms with Gasteiger partial charge in [0.15, 0.2) is 11.5 Å². The van der Waals surface area contributed by atoms with E-state index >= 15 is 0 Å². The first-order valence-electron chi connectivity index (χ1n) is 9.82. The SMILES string of the molecule is COc1cc(/C=N\NC(=O)CNc2ccc(C)cc2)cc(Br)c1OCc1ccc(Br)cc1. The van der Waals surface area contributed by atoms with Gasteiger partial charge in [-0.3, -0.25) is 4.79 Å². The summed E-state index contributed by atoms with van der Waals surface area (Å²) in [4.78, 5) is 12.0. The molecule has 6 nitrogen and oxygen atoms in total. The number of hydrazone groups is 1. The highest BCUT2D eigenvalue weighted by Crippen LogP contribution is 2.36. The van der Waals surface area contributed by atoms with Crippen molar-refractivity contribution in [1.82, 2.24) is 5.43 Å². The molecular weight excluding hydrogens is 538 g/mol. The molecule has 32 heavy (non-hydrogen) atoms. The van der Waals surface area contributed by atoms with Crippen molar-refractivity contribution in [2.75, 3.05) is 19.0 Å². The van der Waals surface area contributed by atoms with Crippen molar-refractivity contribution >= 4 is 49.7 Å². The van der Waals surface area contributed by atoms with E-state index in [1.165, 1.54) is 0 Å². The summed E-state index contributed by atoms with van der Waals surface area (Å²) in [6, 6.07) is 19.4. The Morgan fingerprint density at radius 2 is 1.78 bits per heavy atom. The van der Waals surface area contributed by atoms with Crippen LogP contribution in [0, 0.1) is 6.92 Å². The second kappa shape index (κ2) is 11.7. The van der Waals surface area contributed by atoms with E-state index in [-0.39, 0.29) is 12.5 Å². The number of carbonyl (C=O) groups excluding carboxylic acids is 1. The van der Waals surface area contributed by atoms with Crippen molar-refractivity contribution in [3.05, 3.63) is 86.3 Å². The zero-order valence-electron chi connectivity index (χ0n) is 17.7. The molecule has 0 heterocycles. The third kappa shape index (κ3) is 7.10. The molecule has 2 N–H and O–H groups in total. The fraction of sp³-hybridized carbons (Fsp3) is 0.167. The van der Waals surface area contributed by atoms with Gasteiger partial charge in [0.25, 0.3) is 5.91 Å². The van der Waals surface area contributed by atoms with Crippen molar-refractivity contribution < 1.29 is 14.3 Å². The Kier molecular flexibility index (Phi) is 8.70. The summed E-state index contributed by atoms with van der Waals surface area (Å²) in [5.74, 6) is 0.909. The smallest absolute Gasteiger partial charge is 0.259 e. The van der Waals surface area contributed by atoms with Crippen LogP contribution >= 0.6 is 31.9 Å². The molecule has 0 aliphatic heterocycles. The number of aryl methyl sites for hydroxylation is 1. The molecule has 0 fully saturated rings. The Bertz CT molecular complexity index is 1080. The van der Waals surface area contributed by atoms with Gasteiger partial charge in [0.2, 0.25) is 0 Å². The molecule has 0 spiro atoms. The molecule has 0 saturated carbocycles. The molecule has 166 valence electrons. The molecule has 0 aliphatic carbocycles. The van der Waals surface area contributed by atoms with Gasteiger partial charge in [-0.2, -0.15) is 5.10 Å².